The van der Waals surface area contributed by atoms with Gasteiger partial charge in [-0.05, 0) is 91.3 Å². The Hall–Kier alpha value is -0.860. The summed E-state index contributed by atoms with van der Waals surface area (Å²) in [4.78, 5) is 11.5. The van der Waals surface area contributed by atoms with E-state index in [2.05, 4.69) is 40.7 Å². The SMILES string of the molecule is CC(C)CCCC(C)C1CCC2C3CC=C4CC(OC(=O)CF)CCC4(C)C3CCC12C. The van der Waals surface area contributed by atoms with Gasteiger partial charge >= 0.3 is 5.97 Å². The maximum absolute atomic E-state index is 12.6. The van der Waals surface area contributed by atoms with Gasteiger partial charge in [-0.2, -0.15) is 0 Å². The normalized spacial score (nSPS) is 42.0. The van der Waals surface area contributed by atoms with Gasteiger partial charge in [-0.15, -0.1) is 0 Å². The van der Waals surface area contributed by atoms with E-state index in [-0.39, 0.29) is 11.5 Å². The second-order valence-electron chi connectivity index (χ2n) is 12.8. The van der Waals surface area contributed by atoms with Crippen LogP contribution in [-0.4, -0.2) is 18.7 Å². The zero-order valence-corrected chi connectivity index (χ0v) is 21.3. The maximum Gasteiger partial charge on any atom is 0.337 e. The number of halogens is 1. The lowest BCUT2D eigenvalue weighted by atomic mass is 9.47. The predicted octanol–water partition coefficient (Wildman–Crippen LogP) is 7.91. The lowest BCUT2D eigenvalue weighted by molar-refractivity contribution is -0.152. The van der Waals surface area contributed by atoms with Crippen molar-refractivity contribution in [3.63, 3.8) is 0 Å². The highest BCUT2D eigenvalue weighted by Crippen LogP contribution is 2.67. The summed E-state index contributed by atoms with van der Waals surface area (Å²) in [5, 5.41) is 0. The van der Waals surface area contributed by atoms with E-state index in [9.17, 15) is 9.18 Å². The number of carbonyl (C=O) groups is 1. The second-order valence-corrected chi connectivity index (χ2v) is 12.8. The molecule has 4 aliphatic rings. The molecule has 0 aromatic heterocycles. The molecular formula is C29H47FO2. The Labute approximate surface area is 196 Å². The van der Waals surface area contributed by atoms with Gasteiger partial charge in [0.2, 0.25) is 0 Å². The molecule has 3 fully saturated rings. The molecule has 0 amide bonds. The Morgan fingerprint density at radius 3 is 2.59 bits per heavy atom. The molecule has 3 saturated carbocycles. The van der Waals surface area contributed by atoms with E-state index in [1.165, 1.54) is 56.9 Å². The van der Waals surface area contributed by atoms with Gasteiger partial charge in [-0.1, -0.05) is 65.5 Å². The second kappa shape index (κ2) is 9.41. The molecule has 32 heavy (non-hydrogen) atoms. The first-order valence-corrected chi connectivity index (χ1v) is 13.6. The zero-order chi connectivity index (χ0) is 23.1. The first-order valence-electron chi connectivity index (χ1n) is 13.6. The van der Waals surface area contributed by atoms with E-state index in [1.54, 1.807) is 0 Å². The molecule has 0 aromatic carbocycles. The fourth-order valence-electron chi connectivity index (χ4n) is 8.97. The van der Waals surface area contributed by atoms with E-state index in [0.29, 0.717) is 5.41 Å². The monoisotopic (exact) mass is 446 g/mol. The van der Waals surface area contributed by atoms with Crippen LogP contribution in [0.2, 0.25) is 0 Å². The highest BCUT2D eigenvalue weighted by molar-refractivity contribution is 5.70. The molecule has 4 rings (SSSR count). The van der Waals surface area contributed by atoms with Crippen molar-refractivity contribution in [1.29, 1.82) is 0 Å². The Morgan fingerprint density at radius 2 is 1.88 bits per heavy atom. The van der Waals surface area contributed by atoms with Crippen LogP contribution in [0.4, 0.5) is 4.39 Å². The summed E-state index contributed by atoms with van der Waals surface area (Å²) in [5.74, 6) is 4.34. The van der Waals surface area contributed by atoms with Crippen LogP contribution in [0.25, 0.3) is 0 Å². The van der Waals surface area contributed by atoms with Crippen LogP contribution in [-0.2, 0) is 9.53 Å². The highest BCUT2D eigenvalue weighted by Gasteiger charge is 2.59. The summed E-state index contributed by atoms with van der Waals surface area (Å²) >= 11 is 0. The number of allylic oxidation sites excluding steroid dienone is 1. The Kier molecular flexibility index (Phi) is 7.14. The van der Waals surface area contributed by atoms with E-state index in [4.69, 9.17) is 4.74 Å². The average Bonchev–Trinajstić information content (AvgIpc) is 3.11. The molecular weight excluding hydrogens is 399 g/mol. The van der Waals surface area contributed by atoms with Crippen molar-refractivity contribution in [2.24, 2.45) is 46.3 Å². The zero-order valence-electron chi connectivity index (χ0n) is 21.3. The Bertz CT molecular complexity index is 714. The van der Waals surface area contributed by atoms with Crippen LogP contribution in [0.3, 0.4) is 0 Å². The number of hydrogen-bond acceptors (Lipinski definition) is 2. The Morgan fingerprint density at radius 1 is 1.09 bits per heavy atom. The van der Waals surface area contributed by atoms with E-state index in [0.717, 1.165) is 54.8 Å². The van der Waals surface area contributed by atoms with Gasteiger partial charge in [0.1, 0.15) is 6.10 Å². The van der Waals surface area contributed by atoms with Crippen LogP contribution in [0, 0.1) is 46.3 Å². The molecule has 0 radical (unpaired) electrons. The van der Waals surface area contributed by atoms with Crippen molar-refractivity contribution in [2.75, 3.05) is 6.67 Å². The van der Waals surface area contributed by atoms with Gasteiger partial charge in [0, 0.05) is 6.42 Å². The third-order valence-corrected chi connectivity index (χ3v) is 10.7. The molecule has 0 aliphatic heterocycles. The number of rotatable bonds is 7. The van der Waals surface area contributed by atoms with Gasteiger partial charge in [0.05, 0.1) is 0 Å². The summed E-state index contributed by atoms with van der Waals surface area (Å²) < 4.78 is 18.0. The van der Waals surface area contributed by atoms with Crippen molar-refractivity contribution in [3.8, 4) is 0 Å². The van der Waals surface area contributed by atoms with Crippen LogP contribution < -0.4 is 0 Å². The lowest BCUT2D eigenvalue weighted by Crippen LogP contribution is -2.51. The molecule has 0 N–H and O–H groups in total. The van der Waals surface area contributed by atoms with Crippen LogP contribution in [0.15, 0.2) is 11.6 Å². The standard InChI is InChI=1S/C29H47FO2/c1-19(2)7-6-8-20(3)24-11-12-25-23-10-9-21-17-22(32-27(31)18-30)13-15-28(21,4)26(23)14-16-29(24,25)5/h9,19-20,22-26H,6-8,10-18H2,1-5H3. The molecule has 0 heterocycles. The molecule has 8 atom stereocenters. The molecule has 3 heteroatoms. The van der Waals surface area contributed by atoms with Gasteiger partial charge in [-0.3, -0.25) is 0 Å². The molecule has 0 bridgehead atoms. The fourth-order valence-corrected chi connectivity index (χ4v) is 8.97. The molecule has 0 saturated heterocycles. The van der Waals surface area contributed by atoms with Gasteiger partial charge < -0.3 is 4.74 Å². The molecule has 4 aliphatic carbocycles. The lowest BCUT2D eigenvalue weighted by Gasteiger charge is -2.58. The van der Waals surface area contributed by atoms with Crippen LogP contribution >= 0.6 is 0 Å². The molecule has 8 unspecified atom stereocenters. The summed E-state index contributed by atoms with van der Waals surface area (Å²) in [6, 6.07) is 0. The van der Waals surface area contributed by atoms with E-state index >= 15 is 0 Å². The van der Waals surface area contributed by atoms with Crippen molar-refractivity contribution < 1.29 is 13.9 Å². The van der Waals surface area contributed by atoms with Crippen LogP contribution in [0.5, 0.6) is 0 Å². The minimum absolute atomic E-state index is 0.120. The van der Waals surface area contributed by atoms with Gasteiger partial charge in [0.25, 0.3) is 0 Å². The summed E-state index contributed by atoms with van der Waals surface area (Å²) in [5.41, 5.74) is 2.28. The first kappa shape index (κ1) is 24.3. The summed E-state index contributed by atoms with van der Waals surface area (Å²) in [7, 11) is 0. The minimum atomic E-state index is -1.01. The topological polar surface area (TPSA) is 26.3 Å². The highest BCUT2D eigenvalue weighted by atomic mass is 19.1. The van der Waals surface area contributed by atoms with E-state index in [1.807, 2.05) is 0 Å². The fraction of sp³-hybridized carbons (Fsp3) is 0.897. The van der Waals surface area contributed by atoms with E-state index < -0.39 is 12.6 Å². The number of esters is 1. The number of carbonyl (C=O) groups excluding carboxylic acids is 1. The number of hydrogen-bond donors (Lipinski definition) is 0. The van der Waals surface area contributed by atoms with Crippen molar-refractivity contribution in [1.82, 2.24) is 0 Å². The summed E-state index contributed by atoms with van der Waals surface area (Å²) in [6.45, 7) is 11.4. The molecule has 0 spiro atoms. The third-order valence-electron chi connectivity index (χ3n) is 10.7. The third kappa shape index (κ3) is 4.31. The van der Waals surface area contributed by atoms with Crippen molar-refractivity contribution in [3.05, 3.63) is 11.6 Å². The molecule has 182 valence electrons. The number of fused-ring (bicyclic) bond motifs is 5. The van der Waals surface area contributed by atoms with Gasteiger partial charge in [-0.25, -0.2) is 9.18 Å². The average molecular weight is 447 g/mol. The smallest absolute Gasteiger partial charge is 0.337 e. The number of alkyl halides is 1. The predicted molar refractivity (Wildman–Crippen MR) is 129 cm³/mol. The van der Waals surface area contributed by atoms with Gasteiger partial charge in [0.15, 0.2) is 6.67 Å². The van der Waals surface area contributed by atoms with Crippen molar-refractivity contribution >= 4 is 5.97 Å². The first-order chi connectivity index (χ1) is 15.2. The molecule has 2 nitrogen and oxygen atoms in total. The van der Waals surface area contributed by atoms with Crippen molar-refractivity contribution in [2.45, 2.75) is 111 Å². The largest absolute Gasteiger partial charge is 0.460 e. The Balaban J connectivity index is 1.45. The van der Waals surface area contributed by atoms with Crippen LogP contribution in [0.1, 0.15) is 105 Å². The quantitative estimate of drug-likeness (QED) is 0.293. The molecule has 0 aromatic rings. The number of ether oxygens (including phenoxy) is 1. The minimum Gasteiger partial charge on any atom is -0.460 e. The summed E-state index contributed by atoms with van der Waals surface area (Å²) in [6.07, 6.45) is 16.2. The maximum atomic E-state index is 12.6.